The summed E-state index contributed by atoms with van der Waals surface area (Å²) in [5, 5.41) is 3.36. The fraction of sp³-hybridized carbons (Fsp3) is 0.160. The minimum absolute atomic E-state index is 0.0953. The Kier molecular flexibility index (Phi) is 6.17. The molecule has 0 bridgehead atoms. The molecule has 0 spiro atoms. The number of benzene rings is 2. The number of nitrogens with one attached hydrogen (secondary N) is 1. The molecule has 0 fully saturated rings. The van der Waals surface area contributed by atoms with E-state index in [1.54, 1.807) is 12.1 Å². The molecule has 2 aromatic heterocycles. The van der Waals surface area contributed by atoms with Crippen LogP contribution in [0.25, 0.3) is 11.0 Å². The van der Waals surface area contributed by atoms with E-state index in [1.165, 1.54) is 18.4 Å². The van der Waals surface area contributed by atoms with Gasteiger partial charge in [-0.2, -0.15) is 0 Å². The van der Waals surface area contributed by atoms with E-state index in [-0.39, 0.29) is 18.8 Å². The molecule has 0 radical (unpaired) electrons. The molecule has 2 heterocycles. The predicted octanol–water partition coefficient (Wildman–Crippen LogP) is 3.78. The van der Waals surface area contributed by atoms with Crippen LogP contribution in [0.4, 0.5) is 0 Å². The Bertz CT molecular complexity index is 1290. The number of hydrogen-bond acceptors (Lipinski definition) is 6. The van der Waals surface area contributed by atoms with Crippen molar-refractivity contribution in [2.24, 2.45) is 0 Å². The lowest BCUT2D eigenvalue weighted by Gasteiger charge is -2.17. The van der Waals surface area contributed by atoms with Crippen molar-refractivity contribution in [2.75, 3.05) is 0 Å². The van der Waals surface area contributed by atoms with Gasteiger partial charge in [0.2, 0.25) is 0 Å². The molecule has 7 heteroatoms. The second-order valence-electron chi connectivity index (χ2n) is 7.39. The number of furan rings is 1. The number of esters is 1. The van der Waals surface area contributed by atoms with Gasteiger partial charge in [-0.1, -0.05) is 42.5 Å². The van der Waals surface area contributed by atoms with Crippen molar-refractivity contribution >= 4 is 22.8 Å². The van der Waals surface area contributed by atoms with Crippen LogP contribution in [0, 0.1) is 6.92 Å². The van der Waals surface area contributed by atoms with E-state index in [4.69, 9.17) is 13.6 Å². The maximum atomic E-state index is 12.9. The van der Waals surface area contributed by atoms with Crippen LogP contribution in [-0.2, 0) is 22.6 Å². The van der Waals surface area contributed by atoms with E-state index in [0.717, 1.165) is 11.1 Å². The Morgan fingerprint density at radius 2 is 1.84 bits per heavy atom. The van der Waals surface area contributed by atoms with Crippen molar-refractivity contribution < 1.29 is 23.2 Å². The van der Waals surface area contributed by atoms with Crippen molar-refractivity contribution in [3.63, 3.8) is 0 Å². The molecule has 0 saturated heterocycles. The Balaban J connectivity index is 1.54. The number of rotatable bonds is 7. The van der Waals surface area contributed by atoms with Crippen LogP contribution < -0.4 is 10.9 Å². The van der Waals surface area contributed by atoms with E-state index < -0.39 is 23.5 Å². The van der Waals surface area contributed by atoms with Crippen LogP contribution in [0.3, 0.4) is 0 Å². The molecule has 32 heavy (non-hydrogen) atoms. The van der Waals surface area contributed by atoms with Crippen molar-refractivity contribution in [1.82, 2.24) is 5.32 Å². The van der Waals surface area contributed by atoms with E-state index >= 15 is 0 Å². The molecule has 0 unspecified atom stereocenters. The van der Waals surface area contributed by atoms with Gasteiger partial charge in [-0.05, 0) is 36.2 Å². The number of carbonyl (C=O) groups excluding carboxylic acids is 2. The second-order valence-corrected chi connectivity index (χ2v) is 7.39. The Morgan fingerprint density at radius 3 is 2.59 bits per heavy atom. The maximum Gasteiger partial charge on any atom is 0.336 e. The smallest absolute Gasteiger partial charge is 0.336 e. The quantitative estimate of drug-likeness (QED) is 0.353. The molecular weight excluding hydrogens is 410 g/mol. The Labute approximate surface area is 183 Å². The zero-order valence-corrected chi connectivity index (χ0v) is 17.4. The van der Waals surface area contributed by atoms with Crippen LogP contribution in [-0.4, -0.2) is 17.9 Å². The summed E-state index contributed by atoms with van der Waals surface area (Å²) < 4.78 is 15.9. The fourth-order valence-electron chi connectivity index (χ4n) is 3.39. The van der Waals surface area contributed by atoms with Crippen molar-refractivity contribution in [3.05, 3.63) is 106 Å². The largest absolute Gasteiger partial charge is 0.459 e. The molecule has 0 aliphatic carbocycles. The molecule has 1 atom stereocenters. The van der Waals surface area contributed by atoms with Gasteiger partial charge in [0, 0.05) is 23.4 Å². The van der Waals surface area contributed by atoms with E-state index in [9.17, 15) is 14.4 Å². The first-order valence-corrected chi connectivity index (χ1v) is 10.1. The topological polar surface area (TPSA) is 98.7 Å². The summed E-state index contributed by atoms with van der Waals surface area (Å²) >= 11 is 0. The molecule has 2 aromatic carbocycles. The Morgan fingerprint density at radius 1 is 1.03 bits per heavy atom. The minimum atomic E-state index is -0.941. The molecular formula is C25H21NO6. The third-order valence-electron chi connectivity index (χ3n) is 4.97. The van der Waals surface area contributed by atoms with Gasteiger partial charge in [-0.25, -0.2) is 9.59 Å². The number of aryl methyl sites for hydroxylation is 1. The number of ether oxygens (including phenoxy) is 1. The normalized spacial score (nSPS) is 11.8. The van der Waals surface area contributed by atoms with Gasteiger partial charge in [-0.3, -0.25) is 4.79 Å². The Hall–Kier alpha value is -4.13. The summed E-state index contributed by atoms with van der Waals surface area (Å²) in [7, 11) is 0. The van der Waals surface area contributed by atoms with E-state index in [1.807, 2.05) is 49.4 Å². The summed E-state index contributed by atoms with van der Waals surface area (Å²) in [6, 6.07) is 18.2. The lowest BCUT2D eigenvalue weighted by molar-refractivity contribution is -0.147. The van der Waals surface area contributed by atoms with Crippen LogP contribution in [0.5, 0.6) is 0 Å². The monoisotopic (exact) mass is 431 g/mol. The first-order valence-electron chi connectivity index (χ1n) is 10.1. The van der Waals surface area contributed by atoms with Gasteiger partial charge in [0.15, 0.2) is 5.76 Å². The maximum absolute atomic E-state index is 12.9. The van der Waals surface area contributed by atoms with Gasteiger partial charge >= 0.3 is 11.6 Å². The summed E-state index contributed by atoms with van der Waals surface area (Å²) in [4.78, 5) is 37.3. The average Bonchev–Trinajstić information content (AvgIpc) is 3.32. The van der Waals surface area contributed by atoms with Crippen molar-refractivity contribution in [1.29, 1.82) is 0 Å². The van der Waals surface area contributed by atoms with Gasteiger partial charge in [0.1, 0.15) is 18.2 Å². The fourth-order valence-corrected chi connectivity index (χ4v) is 3.39. The highest BCUT2D eigenvalue weighted by Crippen LogP contribution is 2.19. The number of hydrogen-bond donors (Lipinski definition) is 1. The summed E-state index contributed by atoms with van der Waals surface area (Å²) in [5.41, 5.74) is 2.23. The van der Waals surface area contributed by atoms with Gasteiger partial charge in [0.05, 0.1) is 6.26 Å². The predicted molar refractivity (Wildman–Crippen MR) is 117 cm³/mol. The SMILES string of the molecule is Cc1ccc2c(COC(=O)[C@H](Cc3ccccc3)NC(=O)c3ccco3)cc(=O)oc2c1. The highest BCUT2D eigenvalue weighted by atomic mass is 16.5. The minimum Gasteiger partial charge on any atom is -0.459 e. The van der Waals surface area contributed by atoms with Crippen LogP contribution in [0.2, 0.25) is 0 Å². The zero-order valence-electron chi connectivity index (χ0n) is 17.4. The number of amides is 1. The summed E-state index contributed by atoms with van der Waals surface area (Å²) in [6.07, 6.45) is 1.62. The third kappa shape index (κ3) is 4.95. The van der Waals surface area contributed by atoms with Crippen LogP contribution >= 0.6 is 0 Å². The van der Waals surface area contributed by atoms with Crippen molar-refractivity contribution in [3.8, 4) is 0 Å². The molecule has 4 aromatic rings. The van der Waals surface area contributed by atoms with Gasteiger partial charge in [-0.15, -0.1) is 0 Å². The number of fused-ring (bicyclic) bond motifs is 1. The average molecular weight is 431 g/mol. The van der Waals surface area contributed by atoms with E-state index in [2.05, 4.69) is 5.32 Å². The molecule has 0 aliphatic heterocycles. The molecule has 0 aliphatic rings. The molecule has 7 nitrogen and oxygen atoms in total. The van der Waals surface area contributed by atoms with E-state index in [0.29, 0.717) is 16.5 Å². The molecule has 4 rings (SSSR count). The standard InChI is InChI=1S/C25H21NO6/c1-16-9-10-19-18(14-23(27)32-22(19)12-16)15-31-25(29)20(13-17-6-3-2-4-7-17)26-24(28)21-8-5-11-30-21/h2-12,14,20H,13,15H2,1H3,(H,26,28)/t20-/m0/s1. The lowest BCUT2D eigenvalue weighted by atomic mass is 10.1. The third-order valence-corrected chi connectivity index (χ3v) is 4.97. The second kappa shape index (κ2) is 9.34. The van der Waals surface area contributed by atoms with Gasteiger partial charge < -0.3 is 18.9 Å². The first-order chi connectivity index (χ1) is 15.5. The van der Waals surface area contributed by atoms with Gasteiger partial charge in [0.25, 0.3) is 5.91 Å². The molecule has 0 saturated carbocycles. The zero-order chi connectivity index (χ0) is 22.5. The molecule has 1 amide bonds. The highest BCUT2D eigenvalue weighted by molar-refractivity contribution is 5.94. The summed E-state index contributed by atoms with van der Waals surface area (Å²) in [6.45, 7) is 1.76. The summed E-state index contributed by atoms with van der Waals surface area (Å²) in [5.74, 6) is -1.05. The molecule has 162 valence electrons. The number of carbonyl (C=O) groups is 2. The van der Waals surface area contributed by atoms with Crippen LogP contribution in [0.15, 0.2) is 86.6 Å². The molecule has 1 N–H and O–H groups in total. The van der Waals surface area contributed by atoms with Crippen LogP contribution in [0.1, 0.15) is 27.2 Å². The van der Waals surface area contributed by atoms with Crippen molar-refractivity contribution in [2.45, 2.75) is 26.0 Å². The first kappa shape index (κ1) is 21.1. The highest BCUT2D eigenvalue weighted by Gasteiger charge is 2.25. The lowest BCUT2D eigenvalue weighted by Crippen LogP contribution is -2.43.